The highest BCUT2D eigenvalue weighted by molar-refractivity contribution is 5.39. The van der Waals surface area contributed by atoms with Crippen LogP contribution in [-0.4, -0.2) is 0 Å². The van der Waals surface area contributed by atoms with E-state index in [2.05, 4.69) is 24.3 Å². The zero-order valence-electron chi connectivity index (χ0n) is 11.8. The maximum absolute atomic E-state index is 5.77. The van der Waals surface area contributed by atoms with E-state index in [1.54, 1.807) is 19.3 Å². The van der Waals surface area contributed by atoms with E-state index in [1.165, 1.54) is 37.7 Å². The average Bonchev–Trinajstić information content (AvgIpc) is 2.36. The third kappa shape index (κ3) is 2.17. The third-order valence-corrected chi connectivity index (χ3v) is 6.09. The van der Waals surface area contributed by atoms with Gasteiger partial charge in [-0.2, -0.15) is 0 Å². The first kappa shape index (κ1) is 11.8. The summed E-state index contributed by atoms with van der Waals surface area (Å²) >= 11 is 0. The standard InChI is InChI=1S/C18H25N/c19-17-3-1-13(2-4-17)5-6-18-10-14-7-15(11-18)9-16(8-14)12-18/h1-4,14-16H,5-12,19H2. The number of nitrogen functional groups attached to an aromatic ring is 1. The Hall–Kier alpha value is -0.980. The second-order valence-electron chi connectivity index (χ2n) is 7.66. The maximum Gasteiger partial charge on any atom is 0.0314 e. The second kappa shape index (κ2) is 4.26. The van der Waals surface area contributed by atoms with Gasteiger partial charge in [-0.25, -0.2) is 0 Å². The van der Waals surface area contributed by atoms with Crippen molar-refractivity contribution in [2.24, 2.45) is 23.2 Å². The van der Waals surface area contributed by atoms with Gasteiger partial charge in [0.2, 0.25) is 0 Å². The van der Waals surface area contributed by atoms with Crippen LogP contribution in [0.2, 0.25) is 0 Å². The van der Waals surface area contributed by atoms with E-state index in [4.69, 9.17) is 5.73 Å². The fraction of sp³-hybridized carbons (Fsp3) is 0.667. The summed E-state index contributed by atoms with van der Waals surface area (Å²) in [6.45, 7) is 0. The van der Waals surface area contributed by atoms with Crippen LogP contribution in [0.3, 0.4) is 0 Å². The van der Waals surface area contributed by atoms with Crippen LogP contribution in [-0.2, 0) is 6.42 Å². The molecule has 0 radical (unpaired) electrons. The summed E-state index contributed by atoms with van der Waals surface area (Å²) in [5, 5.41) is 0. The largest absolute Gasteiger partial charge is 0.399 e. The molecule has 0 spiro atoms. The molecule has 4 bridgehead atoms. The highest BCUT2D eigenvalue weighted by atomic mass is 14.6. The van der Waals surface area contributed by atoms with Gasteiger partial charge < -0.3 is 5.73 Å². The van der Waals surface area contributed by atoms with E-state index in [0.717, 1.165) is 28.9 Å². The van der Waals surface area contributed by atoms with Crippen LogP contribution in [0, 0.1) is 23.2 Å². The van der Waals surface area contributed by atoms with Crippen LogP contribution in [0.25, 0.3) is 0 Å². The van der Waals surface area contributed by atoms with Crippen molar-refractivity contribution in [3.63, 3.8) is 0 Å². The Kier molecular flexibility index (Phi) is 2.65. The molecule has 1 nitrogen and oxygen atoms in total. The van der Waals surface area contributed by atoms with Gasteiger partial charge in [-0.1, -0.05) is 12.1 Å². The van der Waals surface area contributed by atoms with Gasteiger partial charge in [0.1, 0.15) is 0 Å². The molecule has 4 saturated carbocycles. The number of anilines is 1. The first-order valence-corrected chi connectivity index (χ1v) is 8.05. The molecule has 0 saturated heterocycles. The number of nitrogens with two attached hydrogens (primary N) is 1. The summed E-state index contributed by atoms with van der Waals surface area (Å²) in [5.41, 5.74) is 8.85. The SMILES string of the molecule is Nc1ccc(CCC23CC4CC(CC(C4)C2)C3)cc1. The van der Waals surface area contributed by atoms with Crippen molar-refractivity contribution < 1.29 is 0 Å². The first-order chi connectivity index (χ1) is 9.21. The van der Waals surface area contributed by atoms with Gasteiger partial charge in [-0.05, 0) is 92.2 Å². The van der Waals surface area contributed by atoms with Crippen molar-refractivity contribution in [3.05, 3.63) is 29.8 Å². The third-order valence-electron chi connectivity index (χ3n) is 6.09. The van der Waals surface area contributed by atoms with Crippen molar-refractivity contribution in [1.29, 1.82) is 0 Å². The Balaban J connectivity index is 1.46. The van der Waals surface area contributed by atoms with Gasteiger partial charge in [0, 0.05) is 5.69 Å². The highest BCUT2D eigenvalue weighted by Crippen LogP contribution is 2.61. The predicted octanol–water partition coefficient (Wildman–Crippen LogP) is 4.42. The number of benzene rings is 1. The van der Waals surface area contributed by atoms with E-state index in [-0.39, 0.29) is 0 Å². The minimum atomic E-state index is 0.718. The molecule has 4 aliphatic carbocycles. The van der Waals surface area contributed by atoms with Crippen molar-refractivity contribution in [2.75, 3.05) is 5.73 Å². The van der Waals surface area contributed by atoms with Crippen molar-refractivity contribution in [3.8, 4) is 0 Å². The lowest BCUT2D eigenvalue weighted by molar-refractivity contribution is -0.0569. The Labute approximate surface area is 116 Å². The number of aryl methyl sites for hydroxylation is 1. The molecule has 1 aromatic carbocycles. The summed E-state index contributed by atoms with van der Waals surface area (Å²) in [6, 6.07) is 8.54. The molecule has 4 fully saturated rings. The second-order valence-corrected chi connectivity index (χ2v) is 7.66. The van der Waals surface area contributed by atoms with Crippen LogP contribution in [0.5, 0.6) is 0 Å². The van der Waals surface area contributed by atoms with Crippen LogP contribution in [0.4, 0.5) is 5.69 Å². The first-order valence-electron chi connectivity index (χ1n) is 8.05. The van der Waals surface area contributed by atoms with Gasteiger partial charge in [0.05, 0.1) is 0 Å². The molecular weight excluding hydrogens is 230 g/mol. The smallest absolute Gasteiger partial charge is 0.0314 e. The Morgan fingerprint density at radius 1 is 0.895 bits per heavy atom. The molecule has 0 aromatic heterocycles. The molecule has 0 heterocycles. The Bertz CT molecular complexity index is 424. The van der Waals surface area contributed by atoms with Crippen molar-refractivity contribution >= 4 is 5.69 Å². The van der Waals surface area contributed by atoms with Gasteiger partial charge in [-0.15, -0.1) is 0 Å². The molecule has 19 heavy (non-hydrogen) atoms. The normalized spacial score (nSPS) is 39.7. The topological polar surface area (TPSA) is 26.0 Å². The molecule has 102 valence electrons. The average molecular weight is 255 g/mol. The number of hydrogen-bond donors (Lipinski definition) is 1. The molecule has 2 N–H and O–H groups in total. The minimum Gasteiger partial charge on any atom is -0.399 e. The van der Waals surface area contributed by atoms with E-state index < -0.39 is 0 Å². The lowest BCUT2D eigenvalue weighted by Gasteiger charge is -2.57. The highest BCUT2D eigenvalue weighted by Gasteiger charge is 2.50. The molecule has 0 unspecified atom stereocenters. The predicted molar refractivity (Wildman–Crippen MR) is 79.8 cm³/mol. The fourth-order valence-electron chi connectivity index (χ4n) is 5.69. The van der Waals surface area contributed by atoms with Crippen molar-refractivity contribution in [1.82, 2.24) is 0 Å². The summed E-state index contributed by atoms with van der Waals surface area (Å²) in [5.74, 6) is 3.24. The summed E-state index contributed by atoms with van der Waals surface area (Å²) in [7, 11) is 0. The van der Waals surface area contributed by atoms with Crippen LogP contribution in [0.1, 0.15) is 50.5 Å². The summed E-state index contributed by atoms with van der Waals surface area (Å²) in [4.78, 5) is 0. The molecule has 4 aliphatic rings. The lowest BCUT2D eigenvalue weighted by atomic mass is 9.48. The molecule has 0 amide bonds. The Morgan fingerprint density at radius 3 is 1.95 bits per heavy atom. The Morgan fingerprint density at radius 2 is 1.42 bits per heavy atom. The molecule has 1 heteroatoms. The lowest BCUT2D eigenvalue weighted by Crippen LogP contribution is -2.46. The van der Waals surface area contributed by atoms with Gasteiger partial charge >= 0.3 is 0 Å². The number of rotatable bonds is 3. The van der Waals surface area contributed by atoms with Crippen LogP contribution in [0.15, 0.2) is 24.3 Å². The maximum atomic E-state index is 5.77. The number of hydrogen-bond acceptors (Lipinski definition) is 1. The van der Waals surface area contributed by atoms with Gasteiger partial charge in [-0.3, -0.25) is 0 Å². The monoisotopic (exact) mass is 255 g/mol. The summed E-state index contributed by atoms with van der Waals surface area (Å²) in [6.07, 6.45) is 12.0. The molecule has 0 atom stereocenters. The quantitative estimate of drug-likeness (QED) is 0.795. The van der Waals surface area contributed by atoms with E-state index in [0.29, 0.717) is 0 Å². The van der Waals surface area contributed by atoms with Crippen LogP contribution >= 0.6 is 0 Å². The van der Waals surface area contributed by atoms with Gasteiger partial charge in [0.25, 0.3) is 0 Å². The van der Waals surface area contributed by atoms with Gasteiger partial charge in [0.15, 0.2) is 0 Å². The van der Waals surface area contributed by atoms with E-state index in [9.17, 15) is 0 Å². The van der Waals surface area contributed by atoms with Crippen molar-refractivity contribution in [2.45, 2.75) is 51.4 Å². The minimum absolute atomic E-state index is 0.718. The summed E-state index contributed by atoms with van der Waals surface area (Å²) < 4.78 is 0. The zero-order chi connectivity index (χ0) is 12.9. The molecular formula is C18H25N. The van der Waals surface area contributed by atoms with Crippen LogP contribution < -0.4 is 5.73 Å². The fourth-order valence-corrected chi connectivity index (χ4v) is 5.69. The zero-order valence-corrected chi connectivity index (χ0v) is 11.8. The van der Waals surface area contributed by atoms with E-state index in [1.807, 2.05) is 0 Å². The van der Waals surface area contributed by atoms with E-state index >= 15 is 0 Å². The molecule has 1 aromatic rings. The molecule has 0 aliphatic heterocycles. The molecule has 5 rings (SSSR count).